The molecule has 0 aliphatic heterocycles. The molecule has 0 radical (unpaired) electrons. The van der Waals surface area contributed by atoms with Crippen molar-refractivity contribution in [2.24, 2.45) is 0 Å². The smallest absolute Gasteiger partial charge is 0.293 e. The second kappa shape index (κ2) is 4.27. The van der Waals surface area contributed by atoms with Gasteiger partial charge in [-0.3, -0.25) is 10.1 Å². The number of aryl methyl sites for hydroxylation is 2. The van der Waals surface area contributed by atoms with Gasteiger partial charge in [0, 0.05) is 4.88 Å². The van der Waals surface area contributed by atoms with Crippen LogP contribution in [0, 0.1) is 0 Å². The maximum absolute atomic E-state index is 11.8. The maximum atomic E-state index is 11.8. The van der Waals surface area contributed by atoms with E-state index in [4.69, 9.17) is 4.42 Å². The second-order valence-electron chi connectivity index (χ2n) is 3.80. The van der Waals surface area contributed by atoms with Gasteiger partial charge in [-0.15, -0.1) is 11.3 Å². The monoisotopic (exact) mass is 312 g/mol. The fourth-order valence-electron chi connectivity index (χ4n) is 1.84. The molecule has 0 aromatic carbocycles. The summed E-state index contributed by atoms with van der Waals surface area (Å²) in [5.41, 5.74) is 1.13. The lowest BCUT2D eigenvalue weighted by Crippen LogP contribution is -2.10. The van der Waals surface area contributed by atoms with Gasteiger partial charge in [-0.25, -0.2) is 4.98 Å². The summed E-state index contributed by atoms with van der Waals surface area (Å²) < 4.78 is 5.72. The van der Waals surface area contributed by atoms with E-state index in [1.807, 2.05) is 0 Å². The number of fused-ring (bicyclic) bond motifs is 1. The lowest BCUT2D eigenvalue weighted by atomic mass is 10.4. The Balaban J connectivity index is 1.76. The number of thiazole rings is 1. The largest absolute Gasteiger partial charge is 0.444 e. The van der Waals surface area contributed by atoms with Crippen molar-refractivity contribution in [3.63, 3.8) is 0 Å². The minimum absolute atomic E-state index is 0.261. The third-order valence-electron chi connectivity index (χ3n) is 2.61. The van der Waals surface area contributed by atoms with Crippen LogP contribution in [-0.2, 0) is 12.8 Å². The first-order chi connectivity index (χ1) is 8.22. The number of aromatic nitrogens is 1. The van der Waals surface area contributed by atoms with E-state index < -0.39 is 0 Å². The molecule has 0 bridgehead atoms. The summed E-state index contributed by atoms with van der Waals surface area (Å²) in [5.74, 6) is 0.0235. The number of anilines is 1. The van der Waals surface area contributed by atoms with Gasteiger partial charge in [0.05, 0.1) is 5.69 Å². The molecule has 2 aromatic rings. The van der Waals surface area contributed by atoms with E-state index in [1.54, 1.807) is 23.5 Å². The topological polar surface area (TPSA) is 55.1 Å². The normalized spacial score (nSPS) is 13.7. The molecule has 0 spiro atoms. The predicted octanol–water partition coefficient (Wildman–Crippen LogP) is 3.24. The van der Waals surface area contributed by atoms with Gasteiger partial charge in [-0.05, 0) is 47.3 Å². The van der Waals surface area contributed by atoms with Crippen LogP contribution in [0.3, 0.4) is 0 Å². The Kier molecular flexibility index (Phi) is 2.76. The molecule has 2 aromatic heterocycles. The number of hydrogen-bond acceptors (Lipinski definition) is 4. The Morgan fingerprint density at radius 3 is 3.06 bits per heavy atom. The van der Waals surface area contributed by atoms with Crippen LogP contribution in [0.25, 0.3) is 0 Å². The average Bonchev–Trinajstić information content (AvgIpc) is 2.92. The van der Waals surface area contributed by atoms with Crippen LogP contribution >= 0.6 is 27.3 Å². The molecule has 1 amide bonds. The van der Waals surface area contributed by atoms with Gasteiger partial charge in [0.1, 0.15) is 0 Å². The van der Waals surface area contributed by atoms with Crippen molar-refractivity contribution in [1.29, 1.82) is 0 Å². The number of nitrogens with one attached hydrogen (secondary N) is 1. The summed E-state index contributed by atoms with van der Waals surface area (Å²) >= 11 is 4.72. The third-order valence-corrected chi connectivity index (χ3v) is 4.11. The number of amides is 1. The van der Waals surface area contributed by atoms with E-state index in [1.165, 1.54) is 11.3 Å². The van der Waals surface area contributed by atoms with Gasteiger partial charge >= 0.3 is 0 Å². The van der Waals surface area contributed by atoms with Gasteiger partial charge in [0.2, 0.25) is 0 Å². The summed E-state index contributed by atoms with van der Waals surface area (Å²) in [6.45, 7) is 0. The second-order valence-corrected chi connectivity index (χ2v) is 5.67. The molecule has 6 heteroatoms. The zero-order valence-electron chi connectivity index (χ0n) is 8.83. The van der Waals surface area contributed by atoms with E-state index in [0.29, 0.717) is 9.80 Å². The van der Waals surface area contributed by atoms with Crippen LogP contribution in [0.4, 0.5) is 5.13 Å². The zero-order chi connectivity index (χ0) is 11.8. The van der Waals surface area contributed by atoms with Gasteiger partial charge in [0.25, 0.3) is 5.91 Å². The van der Waals surface area contributed by atoms with Crippen LogP contribution < -0.4 is 5.32 Å². The van der Waals surface area contributed by atoms with Crippen molar-refractivity contribution in [3.05, 3.63) is 33.1 Å². The average molecular weight is 313 g/mol. The number of halogens is 1. The molecule has 0 atom stereocenters. The number of carbonyl (C=O) groups is 1. The van der Waals surface area contributed by atoms with Crippen LogP contribution in [0.1, 0.15) is 27.5 Å². The minimum Gasteiger partial charge on any atom is -0.444 e. The molecule has 1 aliphatic rings. The van der Waals surface area contributed by atoms with Crippen molar-refractivity contribution in [2.45, 2.75) is 19.3 Å². The highest BCUT2D eigenvalue weighted by atomic mass is 79.9. The first-order valence-electron chi connectivity index (χ1n) is 5.27. The summed E-state index contributed by atoms with van der Waals surface area (Å²) in [7, 11) is 0. The first kappa shape index (κ1) is 11.0. The zero-order valence-corrected chi connectivity index (χ0v) is 11.2. The van der Waals surface area contributed by atoms with Gasteiger partial charge in [-0.1, -0.05) is 0 Å². The Labute approximate surface area is 110 Å². The van der Waals surface area contributed by atoms with Crippen molar-refractivity contribution >= 4 is 38.3 Å². The van der Waals surface area contributed by atoms with E-state index in [-0.39, 0.29) is 11.7 Å². The van der Waals surface area contributed by atoms with E-state index in [2.05, 4.69) is 26.2 Å². The highest BCUT2D eigenvalue weighted by Gasteiger charge is 2.19. The van der Waals surface area contributed by atoms with Gasteiger partial charge in [-0.2, -0.15) is 0 Å². The lowest BCUT2D eigenvalue weighted by molar-refractivity contribution is 0.0995. The fourth-order valence-corrected chi connectivity index (χ4v) is 3.19. The number of rotatable bonds is 2. The molecular weight excluding hydrogens is 304 g/mol. The summed E-state index contributed by atoms with van der Waals surface area (Å²) in [6, 6.07) is 3.32. The molecule has 0 saturated heterocycles. The van der Waals surface area contributed by atoms with E-state index in [0.717, 1.165) is 18.5 Å². The summed E-state index contributed by atoms with van der Waals surface area (Å²) in [6.07, 6.45) is 3.27. The lowest BCUT2D eigenvalue weighted by Gasteiger charge is -1.97. The molecule has 1 N–H and O–H groups in total. The van der Waals surface area contributed by atoms with Gasteiger partial charge < -0.3 is 4.42 Å². The fraction of sp³-hybridized carbons (Fsp3) is 0.273. The van der Waals surface area contributed by atoms with Crippen molar-refractivity contribution in [1.82, 2.24) is 4.98 Å². The Hall–Kier alpha value is -1.14. The minimum atomic E-state index is -0.261. The molecule has 2 heterocycles. The van der Waals surface area contributed by atoms with Gasteiger partial charge in [0.15, 0.2) is 15.6 Å². The molecular formula is C11H9BrN2O2S. The Morgan fingerprint density at radius 1 is 1.47 bits per heavy atom. The highest BCUT2D eigenvalue weighted by Crippen LogP contribution is 2.30. The molecule has 0 saturated carbocycles. The molecule has 3 rings (SSSR count). The van der Waals surface area contributed by atoms with Crippen LogP contribution in [0.5, 0.6) is 0 Å². The number of furan rings is 1. The molecule has 0 fully saturated rings. The van der Waals surface area contributed by atoms with Crippen LogP contribution in [0.15, 0.2) is 21.2 Å². The van der Waals surface area contributed by atoms with E-state index >= 15 is 0 Å². The predicted molar refractivity (Wildman–Crippen MR) is 68.5 cm³/mol. The molecule has 88 valence electrons. The number of carbonyl (C=O) groups excluding carboxylic acids is 1. The van der Waals surface area contributed by atoms with E-state index in [9.17, 15) is 4.79 Å². The third kappa shape index (κ3) is 2.14. The molecule has 17 heavy (non-hydrogen) atoms. The number of nitrogens with zero attached hydrogens (tertiary/aromatic N) is 1. The summed E-state index contributed by atoms with van der Waals surface area (Å²) in [5, 5.41) is 3.41. The Morgan fingerprint density at radius 2 is 2.35 bits per heavy atom. The number of hydrogen-bond donors (Lipinski definition) is 1. The molecule has 0 unspecified atom stereocenters. The maximum Gasteiger partial charge on any atom is 0.293 e. The van der Waals surface area contributed by atoms with Crippen LogP contribution in [-0.4, -0.2) is 10.9 Å². The van der Waals surface area contributed by atoms with Crippen LogP contribution in [0.2, 0.25) is 0 Å². The SMILES string of the molecule is O=C(Nc1nc2c(s1)CCC2)c1ccc(Br)o1. The highest BCUT2D eigenvalue weighted by molar-refractivity contribution is 9.10. The van der Waals surface area contributed by atoms with Crippen molar-refractivity contribution in [2.75, 3.05) is 5.32 Å². The quantitative estimate of drug-likeness (QED) is 0.926. The molecule has 4 nitrogen and oxygen atoms in total. The first-order valence-corrected chi connectivity index (χ1v) is 6.88. The Bertz CT molecular complexity index is 554. The van der Waals surface area contributed by atoms with Crippen molar-refractivity contribution in [3.8, 4) is 0 Å². The van der Waals surface area contributed by atoms with Crippen molar-refractivity contribution < 1.29 is 9.21 Å². The molecule has 1 aliphatic carbocycles. The summed E-state index contributed by atoms with van der Waals surface area (Å²) in [4.78, 5) is 17.5. The standard InChI is InChI=1S/C11H9BrN2O2S/c12-9-5-4-7(16-9)10(15)14-11-13-6-2-1-3-8(6)17-11/h4-5H,1-3H2,(H,13,14,15).